The lowest BCUT2D eigenvalue weighted by Crippen LogP contribution is -2.11. The number of anilines is 1. The fourth-order valence-electron chi connectivity index (χ4n) is 2.80. The monoisotopic (exact) mass is 464 g/mol. The number of rotatable bonds is 5. The first kappa shape index (κ1) is 22.3. The van der Waals surface area contributed by atoms with E-state index in [1.54, 1.807) is 0 Å². The molecule has 13 heteroatoms. The minimum absolute atomic E-state index is 0.0392. The Morgan fingerprint density at radius 2 is 1.61 bits per heavy atom. The van der Waals surface area contributed by atoms with Gasteiger partial charge >= 0.3 is 0 Å². The molecule has 0 unspecified atom stereocenters. The summed E-state index contributed by atoms with van der Waals surface area (Å²) in [6, 6.07) is 10.0. The van der Waals surface area contributed by atoms with Crippen LogP contribution in [0.1, 0.15) is 6.92 Å². The summed E-state index contributed by atoms with van der Waals surface area (Å²) in [5.41, 5.74) is 0.282. The second-order valence-corrected chi connectivity index (χ2v) is 9.31. The van der Waals surface area contributed by atoms with Crippen LogP contribution >= 0.6 is 0 Å². The lowest BCUT2D eigenvalue weighted by Gasteiger charge is -2.12. The van der Waals surface area contributed by atoms with Crippen molar-refractivity contribution in [1.29, 1.82) is 0 Å². The Labute approximate surface area is 177 Å². The third kappa shape index (κ3) is 4.86. The molecular weight excluding hydrogens is 448 g/mol. The van der Waals surface area contributed by atoms with E-state index in [4.69, 9.17) is 5.14 Å². The maximum Gasteiger partial charge on any atom is 0.295 e. The van der Waals surface area contributed by atoms with E-state index in [0.29, 0.717) is 0 Å². The average molecular weight is 464 g/mol. The van der Waals surface area contributed by atoms with Crippen LogP contribution in [0, 0.1) is 0 Å². The van der Waals surface area contributed by atoms with Crippen LogP contribution in [0.2, 0.25) is 0 Å². The zero-order chi connectivity index (χ0) is 23.0. The van der Waals surface area contributed by atoms with Crippen LogP contribution in [0.3, 0.4) is 0 Å². The molecule has 0 heterocycles. The van der Waals surface area contributed by atoms with Crippen LogP contribution in [-0.2, 0) is 24.9 Å². The predicted molar refractivity (Wildman–Crippen MR) is 112 cm³/mol. The van der Waals surface area contributed by atoms with Gasteiger partial charge in [-0.15, -0.1) is 5.11 Å². The number of amides is 1. The Morgan fingerprint density at radius 1 is 0.968 bits per heavy atom. The molecule has 1 amide bonds. The van der Waals surface area contributed by atoms with Gasteiger partial charge in [0.05, 0.1) is 21.7 Å². The zero-order valence-electron chi connectivity index (χ0n) is 15.8. The maximum atomic E-state index is 11.7. The standard InChI is InChI=1S/C18H16N4O7S2/c1-10(23)20-14-8-9-16(31(27,28)29)13-6-7-15(18(24)17(13)14)22-21-11-2-4-12(5-3-11)30(19,25)26/h2-9,24H,1H3,(H,20,23)(H2,19,25,26)(H,27,28,29). The molecule has 5 N–H and O–H groups in total. The van der Waals surface area contributed by atoms with Crippen molar-refractivity contribution < 1.29 is 31.3 Å². The number of benzene rings is 3. The molecule has 3 aromatic carbocycles. The number of nitrogens with one attached hydrogen (secondary N) is 1. The Hall–Kier alpha value is -3.39. The normalized spacial score (nSPS) is 12.4. The largest absolute Gasteiger partial charge is 0.505 e. The number of phenols is 1. The van der Waals surface area contributed by atoms with E-state index in [2.05, 4.69) is 15.5 Å². The molecule has 162 valence electrons. The molecule has 0 atom stereocenters. The second-order valence-electron chi connectivity index (χ2n) is 6.36. The molecule has 0 radical (unpaired) electrons. The molecule has 0 aliphatic rings. The van der Waals surface area contributed by atoms with Crippen molar-refractivity contribution in [3.63, 3.8) is 0 Å². The summed E-state index contributed by atoms with van der Waals surface area (Å²) in [4.78, 5) is 10.9. The van der Waals surface area contributed by atoms with E-state index in [0.717, 1.165) is 6.07 Å². The lowest BCUT2D eigenvalue weighted by molar-refractivity contribution is -0.114. The lowest BCUT2D eigenvalue weighted by atomic mass is 10.1. The average Bonchev–Trinajstić information content (AvgIpc) is 2.65. The first-order chi connectivity index (χ1) is 14.4. The molecule has 3 aromatic rings. The van der Waals surface area contributed by atoms with Crippen molar-refractivity contribution in [2.75, 3.05) is 5.32 Å². The van der Waals surface area contributed by atoms with Crippen molar-refractivity contribution in [3.05, 3.63) is 48.5 Å². The number of aromatic hydroxyl groups is 1. The summed E-state index contributed by atoms with van der Waals surface area (Å²) < 4.78 is 55.4. The third-order valence-electron chi connectivity index (χ3n) is 4.12. The number of phenolic OH excluding ortho intramolecular Hbond substituents is 1. The first-order valence-corrected chi connectivity index (χ1v) is 11.4. The molecule has 31 heavy (non-hydrogen) atoms. The van der Waals surface area contributed by atoms with Gasteiger partial charge in [-0.05, 0) is 42.5 Å². The number of primary sulfonamides is 1. The third-order valence-corrected chi connectivity index (χ3v) is 5.96. The Bertz CT molecular complexity index is 1430. The van der Waals surface area contributed by atoms with Gasteiger partial charge in [-0.1, -0.05) is 6.07 Å². The molecule has 0 saturated heterocycles. The van der Waals surface area contributed by atoms with E-state index in [-0.39, 0.29) is 32.7 Å². The fourth-order valence-corrected chi connectivity index (χ4v) is 4.01. The number of sulfonamides is 1. The van der Waals surface area contributed by atoms with Crippen molar-refractivity contribution >= 4 is 53.9 Å². The predicted octanol–water partition coefficient (Wildman–Crippen LogP) is 2.81. The van der Waals surface area contributed by atoms with E-state index < -0.39 is 36.7 Å². The SMILES string of the molecule is CC(=O)Nc1ccc(S(=O)(=O)O)c2ccc(N=Nc3ccc(S(N)(=O)=O)cc3)c(O)c12. The molecule has 0 bridgehead atoms. The number of carbonyl (C=O) groups excluding carboxylic acids is 1. The highest BCUT2D eigenvalue weighted by Gasteiger charge is 2.20. The van der Waals surface area contributed by atoms with Crippen LogP contribution < -0.4 is 10.5 Å². The zero-order valence-corrected chi connectivity index (χ0v) is 17.5. The molecule has 11 nitrogen and oxygen atoms in total. The summed E-state index contributed by atoms with van der Waals surface area (Å²) in [5.74, 6) is -0.959. The van der Waals surface area contributed by atoms with Gasteiger partial charge in [0, 0.05) is 12.3 Å². The van der Waals surface area contributed by atoms with Crippen LogP contribution in [0.4, 0.5) is 17.1 Å². The molecule has 0 saturated carbocycles. The molecule has 0 aromatic heterocycles. The molecular formula is C18H16N4O7S2. The van der Waals surface area contributed by atoms with Crippen molar-refractivity contribution in [3.8, 4) is 5.75 Å². The van der Waals surface area contributed by atoms with Crippen molar-refractivity contribution in [2.24, 2.45) is 15.4 Å². The molecule has 0 fully saturated rings. The number of azo groups is 1. The minimum atomic E-state index is -4.61. The van der Waals surface area contributed by atoms with E-state index in [1.165, 1.54) is 49.4 Å². The Morgan fingerprint density at radius 3 is 2.16 bits per heavy atom. The van der Waals surface area contributed by atoms with Gasteiger partial charge in [0.2, 0.25) is 15.9 Å². The quantitative estimate of drug-likeness (QED) is 0.330. The van der Waals surface area contributed by atoms with Crippen molar-refractivity contribution in [2.45, 2.75) is 16.7 Å². The van der Waals surface area contributed by atoms with Gasteiger partial charge in [-0.25, -0.2) is 13.6 Å². The highest BCUT2D eigenvalue weighted by Crippen LogP contribution is 2.42. The first-order valence-electron chi connectivity index (χ1n) is 8.46. The van der Waals surface area contributed by atoms with Gasteiger partial charge in [0.25, 0.3) is 10.1 Å². The molecule has 0 aliphatic heterocycles. The molecule has 3 rings (SSSR count). The van der Waals surface area contributed by atoms with Gasteiger partial charge in [-0.2, -0.15) is 13.5 Å². The number of hydrogen-bond acceptors (Lipinski definition) is 8. The summed E-state index contributed by atoms with van der Waals surface area (Å²) in [5, 5.41) is 25.9. The van der Waals surface area contributed by atoms with E-state index in [1.807, 2.05) is 0 Å². The van der Waals surface area contributed by atoms with Gasteiger partial charge < -0.3 is 10.4 Å². The molecule has 0 aliphatic carbocycles. The van der Waals surface area contributed by atoms with Crippen LogP contribution in [0.25, 0.3) is 10.8 Å². The number of hydrogen-bond donors (Lipinski definition) is 4. The topological polar surface area (TPSA) is 189 Å². The highest BCUT2D eigenvalue weighted by molar-refractivity contribution is 7.89. The van der Waals surface area contributed by atoms with Crippen molar-refractivity contribution in [1.82, 2.24) is 0 Å². The summed E-state index contributed by atoms with van der Waals surface area (Å²) >= 11 is 0. The summed E-state index contributed by atoms with van der Waals surface area (Å²) in [6.45, 7) is 1.23. The number of fused-ring (bicyclic) bond motifs is 1. The van der Waals surface area contributed by atoms with Crippen LogP contribution in [0.5, 0.6) is 5.75 Å². The smallest absolute Gasteiger partial charge is 0.295 e. The summed E-state index contributed by atoms with van der Waals surface area (Å²) in [7, 11) is -8.48. The number of nitrogens with two attached hydrogens (primary N) is 1. The second kappa shape index (κ2) is 8.03. The highest BCUT2D eigenvalue weighted by atomic mass is 32.2. The van der Waals surface area contributed by atoms with Crippen LogP contribution in [-0.4, -0.2) is 32.4 Å². The fraction of sp³-hybridized carbons (Fsp3) is 0.0556. The number of carbonyl (C=O) groups is 1. The van der Waals surface area contributed by atoms with Gasteiger partial charge in [0.1, 0.15) is 10.6 Å². The molecule has 0 spiro atoms. The maximum absolute atomic E-state index is 11.7. The summed E-state index contributed by atoms with van der Waals surface area (Å²) in [6.07, 6.45) is 0. The number of nitrogens with zero attached hydrogens (tertiary/aromatic N) is 2. The minimum Gasteiger partial charge on any atom is -0.505 e. The van der Waals surface area contributed by atoms with Gasteiger partial charge in [-0.3, -0.25) is 9.35 Å². The Balaban J connectivity index is 2.13. The van der Waals surface area contributed by atoms with E-state index in [9.17, 15) is 31.3 Å². The Kier molecular flexibility index (Phi) is 5.78. The van der Waals surface area contributed by atoms with E-state index >= 15 is 0 Å². The van der Waals surface area contributed by atoms with Gasteiger partial charge in [0.15, 0.2) is 5.75 Å². The van der Waals surface area contributed by atoms with Crippen LogP contribution in [0.15, 0.2) is 68.6 Å².